The van der Waals surface area contributed by atoms with Gasteiger partial charge in [-0.15, -0.1) is 0 Å². The second-order valence-electron chi connectivity index (χ2n) is 3.29. The minimum absolute atomic E-state index is 0.973. The normalized spacial score (nSPS) is 10.0. The second kappa shape index (κ2) is 3.36. The summed E-state index contributed by atoms with van der Waals surface area (Å²) in [5.74, 6) is 0. The van der Waals surface area contributed by atoms with E-state index in [-0.39, 0.29) is 0 Å². The molecule has 0 amide bonds. The fourth-order valence-corrected chi connectivity index (χ4v) is 1.36. The summed E-state index contributed by atoms with van der Waals surface area (Å²) in [4.78, 5) is 0.973. The molecule has 0 atom stereocenters. The highest BCUT2D eigenvalue weighted by Crippen LogP contribution is 2.15. The molecule has 0 saturated carbocycles. The molecule has 64 valence electrons. The highest BCUT2D eigenvalue weighted by atomic mass is 32.1. The van der Waals surface area contributed by atoms with Crippen LogP contribution in [-0.4, -0.2) is 4.86 Å². The molecule has 0 aliphatic rings. The van der Waals surface area contributed by atoms with Gasteiger partial charge in [-0.1, -0.05) is 24.4 Å². The van der Waals surface area contributed by atoms with Crippen LogP contribution in [0.2, 0.25) is 0 Å². The molecule has 12 heavy (non-hydrogen) atoms. The van der Waals surface area contributed by atoms with Crippen molar-refractivity contribution in [1.29, 1.82) is 0 Å². The standard InChI is InChI=1S/C11H14S/c1-7-5-11(10(4)12)6-8(2)9(7)3/h5-6H,1-4H3. The molecule has 0 radical (unpaired) electrons. The summed E-state index contributed by atoms with van der Waals surface area (Å²) in [6.07, 6.45) is 0. The van der Waals surface area contributed by atoms with Crippen LogP contribution in [0.3, 0.4) is 0 Å². The summed E-state index contributed by atoms with van der Waals surface area (Å²) in [7, 11) is 0. The number of rotatable bonds is 1. The Balaban J connectivity index is 3.31. The van der Waals surface area contributed by atoms with E-state index < -0.39 is 0 Å². The Morgan fingerprint density at radius 3 is 1.83 bits per heavy atom. The van der Waals surface area contributed by atoms with Crippen LogP contribution in [-0.2, 0) is 0 Å². The van der Waals surface area contributed by atoms with Gasteiger partial charge in [-0.3, -0.25) is 0 Å². The summed E-state index contributed by atoms with van der Waals surface area (Å²) in [6.45, 7) is 8.38. The lowest BCUT2D eigenvalue weighted by atomic mass is 9.99. The highest BCUT2D eigenvalue weighted by Gasteiger charge is 2.01. The van der Waals surface area contributed by atoms with Crippen molar-refractivity contribution in [3.8, 4) is 0 Å². The minimum atomic E-state index is 0.973. The highest BCUT2D eigenvalue weighted by molar-refractivity contribution is 7.80. The molecule has 0 bridgehead atoms. The Kier molecular flexibility index (Phi) is 2.63. The van der Waals surface area contributed by atoms with Crippen LogP contribution < -0.4 is 0 Å². The summed E-state index contributed by atoms with van der Waals surface area (Å²) in [6, 6.07) is 4.31. The average molecular weight is 178 g/mol. The number of thiocarbonyl (C=S) groups is 1. The van der Waals surface area contributed by atoms with Gasteiger partial charge < -0.3 is 0 Å². The van der Waals surface area contributed by atoms with Crippen molar-refractivity contribution in [3.63, 3.8) is 0 Å². The quantitative estimate of drug-likeness (QED) is 0.469. The van der Waals surface area contributed by atoms with Crippen molar-refractivity contribution in [2.45, 2.75) is 27.7 Å². The molecule has 0 spiro atoms. The second-order valence-corrected chi connectivity index (χ2v) is 3.90. The zero-order valence-corrected chi connectivity index (χ0v) is 8.88. The number of benzene rings is 1. The molecular weight excluding hydrogens is 164 g/mol. The molecule has 0 aliphatic heterocycles. The molecule has 1 aromatic rings. The van der Waals surface area contributed by atoms with E-state index >= 15 is 0 Å². The number of hydrogen-bond acceptors (Lipinski definition) is 1. The van der Waals surface area contributed by atoms with E-state index in [2.05, 4.69) is 32.9 Å². The van der Waals surface area contributed by atoms with Gasteiger partial charge in [-0.25, -0.2) is 0 Å². The van der Waals surface area contributed by atoms with Crippen molar-refractivity contribution >= 4 is 17.1 Å². The van der Waals surface area contributed by atoms with E-state index in [1.165, 1.54) is 22.3 Å². The van der Waals surface area contributed by atoms with Crippen molar-refractivity contribution in [2.24, 2.45) is 0 Å². The van der Waals surface area contributed by atoms with Crippen molar-refractivity contribution in [3.05, 3.63) is 34.4 Å². The monoisotopic (exact) mass is 178 g/mol. The van der Waals surface area contributed by atoms with Crippen LogP contribution in [0.5, 0.6) is 0 Å². The summed E-state index contributed by atoms with van der Waals surface area (Å²) in [5.41, 5.74) is 5.21. The zero-order chi connectivity index (χ0) is 9.30. The number of aryl methyl sites for hydroxylation is 2. The third kappa shape index (κ3) is 1.72. The maximum Gasteiger partial charge on any atom is 0.0193 e. The van der Waals surface area contributed by atoms with Gasteiger partial charge in [0, 0.05) is 4.86 Å². The Labute approximate surface area is 79.6 Å². The molecule has 1 heteroatoms. The first-order valence-corrected chi connectivity index (χ1v) is 4.52. The largest absolute Gasteiger partial charge is 0.0846 e. The van der Waals surface area contributed by atoms with E-state index in [4.69, 9.17) is 12.2 Å². The van der Waals surface area contributed by atoms with E-state index in [0.717, 1.165) is 4.86 Å². The SMILES string of the molecule is CC(=S)c1cc(C)c(C)c(C)c1. The maximum absolute atomic E-state index is 5.12. The molecular formula is C11H14S. The van der Waals surface area contributed by atoms with E-state index in [0.29, 0.717) is 0 Å². The van der Waals surface area contributed by atoms with Gasteiger partial charge in [-0.05, 0) is 49.9 Å². The Morgan fingerprint density at radius 1 is 1.08 bits per heavy atom. The molecule has 0 N–H and O–H groups in total. The van der Waals surface area contributed by atoms with Crippen molar-refractivity contribution < 1.29 is 0 Å². The number of hydrogen-bond donors (Lipinski definition) is 0. The first-order valence-electron chi connectivity index (χ1n) is 4.11. The van der Waals surface area contributed by atoms with Crippen LogP contribution in [0.15, 0.2) is 12.1 Å². The van der Waals surface area contributed by atoms with Crippen molar-refractivity contribution in [1.82, 2.24) is 0 Å². The Hall–Kier alpha value is -0.690. The first-order chi connectivity index (χ1) is 5.52. The molecule has 1 rings (SSSR count). The van der Waals surface area contributed by atoms with Crippen LogP contribution >= 0.6 is 12.2 Å². The topological polar surface area (TPSA) is 0 Å². The lowest BCUT2D eigenvalue weighted by Gasteiger charge is -2.07. The zero-order valence-electron chi connectivity index (χ0n) is 8.06. The molecule has 0 saturated heterocycles. The molecule has 0 aromatic heterocycles. The fraction of sp³-hybridized carbons (Fsp3) is 0.364. The van der Waals surface area contributed by atoms with Gasteiger partial charge in [-0.2, -0.15) is 0 Å². The summed E-state index contributed by atoms with van der Waals surface area (Å²) >= 11 is 5.12. The van der Waals surface area contributed by atoms with Crippen LogP contribution in [0.1, 0.15) is 29.2 Å². The third-order valence-electron chi connectivity index (χ3n) is 2.33. The summed E-state index contributed by atoms with van der Waals surface area (Å²) < 4.78 is 0. The van der Waals surface area contributed by atoms with Gasteiger partial charge in [0.15, 0.2) is 0 Å². The van der Waals surface area contributed by atoms with E-state index in [9.17, 15) is 0 Å². The maximum atomic E-state index is 5.12. The van der Waals surface area contributed by atoms with E-state index in [1.807, 2.05) is 6.92 Å². The molecule has 1 aromatic carbocycles. The van der Waals surface area contributed by atoms with Gasteiger partial charge in [0.1, 0.15) is 0 Å². The molecule has 0 nitrogen and oxygen atoms in total. The Morgan fingerprint density at radius 2 is 1.50 bits per heavy atom. The van der Waals surface area contributed by atoms with Gasteiger partial charge in [0.25, 0.3) is 0 Å². The average Bonchev–Trinajstić information content (AvgIpc) is 1.99. The predicted octanol–water partition coefficient (Wildman–Crippen LogP) is 3.35. The van der Waals surface area contributed by atoms with E-state index in [1.54, 1.807) is 0 Å². The van der Waals surface area contributed by atoms with Crippen LogP contribution in [0.4, 0.5) is 0 Å². The summed E-state index contributed by atoms with van der Waals surface area (Å²) in [5, 5.41) is 0. The first kappa shape index (κ1) is 9.40. The van der Waals surface area contributed by atoms with Gasteiger partial charge >= 0.3 is 0 Å². The van der Waals surface area contributed by atoms with Crippen LogP contribution in [0.25, 0.3) is 0 Å². The van der Waals surface area contributed by atoms with Crippen molar-refractivity contribution in [2.75, 3.05) is 0 Å². The third-order valence-corrected chi connectivity index (χ3v) is 2.57. The molecule has 0 aliphatic carbocycles. The van der Waals surface area contributed by atoms with Gasteiger partial charge in [0.05, 0.1) is 0 Å². The Bertz CT molecular complexity index is 301. The lowest BCUT2D eigenvalue weighted by molar-refractivity contribution is 1.26. The van der Waals surface area contributed by atoms with Crippen LogP contribution in [0, 0.1) is 20.8 Å². The predicted molar refractivity (Wildman–Crippen MR) is 58.0 cm³/mol. The molecule has 0 heterocycles. The minimum Gasteiger partial charge on any atom is -0.0846 e. The fourth-order valence-electron chi connectivity index (χ4n) is 1.24. The van der Waals surface area contributed by atoms with Gasteiger partial charge in [0.2, 0.25) is 0 Å². The molecule has 0 unspecified atom stereocenters. The smallest absolute Gasteiger partial charge is 0.0193 e. The molecule has 0 fully saturated rings. The lowest BCUT2D eigenvalue weighted by Crippen LogP contribution is -1.95.